The molecule has 0 unspecified atom stereocenters. The molecule has 2 rings (SSSR count). The summed E-state index contributed by atoms with van der Waals surface area (Å²) >= 11 is 0. The second kappa shape index (κ2) is 5.44. The molecule has 0 amide bonds. The first-order valence-electron chi connectivity index (χ1n) is 5.81. The molecule has 0 aliphatic heterocycles. The van der Waals surface area contributed by atoms with Crippen molar-refractivity contribution in [3.8, 4) is 0 Å². The molecule has 7 nitrogen and oxygen atoms in total. The van der Waals surface area contributed by atoms with Crippen LogP contribution >= 0.6 is 0 Å². The van der Waals surface area contributed by atoms with Crippen LogP contribution < -0.4 is 5.49 Å². The maximum atomic E-state index is 11.2. The van der Waals surface area contributed by atoms with Crippen molar-refractivity contribution in [3.05, 3.63) is 18.1 Å². The Morgan fingerprint density at radius 1 is 1.56 bits per heavy atom. The summed E-state index contributed by atoms with van der Waals surface area (Å²) < 4.78 is 6.68. The molecule has 0 aromatic carbocycles. The highest BCUT2D eigenvalue weighted by Crippen LogP contribution is 2.05. The number of hydrogen-bond donors (Lipinski definition) is 2. The van der Waals surface area contributed by atoms with Crippen LogP contribution in [0.5, 0.6) is 0 Å². The molecule has 2 heterocycles. The van der Waals surface area contributed by atoms with Crippen molar-refractivity contribution in [1.82, 2.24) is 19.5 Å². The van der Waals surface area contributed by atoms with Gasteiger partial charge in [0.15, 0.2) is 11.1 Å². The predicted molar refractivity (Wildman–Crippen MR) is 63.6 cm³/mol. The lowest BCUT2D eigenvalue weighted by Crippen LogP contribution is -2.13. The molecule has 0 radical (unpaired) electrons. The van der Waals surface area contributed by atoms with Gasteiger partial charge in [-0.15, -0.1) is 0 Å². The Hall–Kier alpha value is -2.18. The molecule has 0 bridgehead atoms. The molecule has 2 aromatic heterocycles. The first-order valence-corrected chi connectivity index (χ1v) is 5.81. The van der Waals surface area contributed by atoms with Crippen LogP contribution in [0.2, 0.25) is 0 Å². The molecule has 96 valence electrons. The number of ether oxygens (including phenoxy) is 1. The summed E-state index contributed by atoms with van der Waals surface area (Å²) in [6.07, 6.45) is 4.13. The van der Waals surface area contributed by atoms with Gasteiger partial charge in [-0.25, -0.2) is 9.97 Å². The van der Waals surface area contributed by atoms with E-state index in [-0.39, 0.29) is 11.5 Å². The minimum atomic E-state index is -0.193. The molecule has 0 saturated carbocycles. The number of nitrogens with zero attached hydrogens (tertiary/aromatic N) is 3. The highest BCUT2D eigenvalue weighted by Gasteiger charge is 2.06. The molecular formula is C11H15N5O2. The molecule has 2 N–H and O–H groups in total. The number of hydrogen-bond acceptors (Lipinski definition) is 5. The first-order chi connectivity index (χ1) is 8.72. The van der Waals surface area contributed by atoms with Gasteiger partial charge in [-0.2, -0.15) is 0 Å². The third-order valence-corrected chi connectivity index (χ3v) is 2.54. The van der Waals surface area contributed by atoms with Gasteiger partial charge in [-0.05, 0) is 13.3 Å². The van der Waals surface area contributed by atoms with Crippen LogP contribution in [0.15, 0.2) is 12.7 Å². The van der Waals surface area contributed by atoms with Crippen molar-refractivity contribution < 1.29 is 9.53 Å². The number of imidazole rings is 1. The van der Waals surface area contributed by atoms with Crippen LogP contribution in [0.3, 0.4) is 0 Å². The number of H-pyrrole nitrogens is 1. The number of aryl methyl sites for hydroxylation is 1. The van der Waals surface area contributed by atoms with Crippen LogP contribution in [-0.2, 0) is 16.1 Å². The maximum absolute atomic E-state index is 11.2. The second-order valence-electron chi connectivity index (χ2n) is 3.80. The van der Waals surface area contributed by atoms with Gasteiger partial charge in [0.05, 0.1) is 19.3 Å². The largest absolute Gasteiger partial charge is 0.466 e. The zero-order chi connectivity index (χ0) is 13.0. The second-order valence-corrected chi connectivity index (χ2v) is 3.80. The summed E-state index contributed by atoms with van der Waals surface area (Å²) in [6, 6.07) is 0. The fourth-order valence-corrected chi connectivity index (χ4v) is 1.72. The van der Waals surface area contributed by atoms with Crippen molar-refractivity contribution in [2.45, 2.75) is 26.3 Å². The van der Waals surface area contributed by atoms with Crippen LogP contribution in [0.25, 0.3) is 11.2 Å². The zero-order valence-corrected chi connectivity index (χ0v) is 10.1. The highest BCUT2D eigenvalue weighted by molar-refractivity contribution is 5.69. The van der Waals surface area contributed by atoms with Gasteiger partial charge in [-0.3, -0.25) is 10.2 Å². The SMILES string of the molecule is CCOC(=O)CCCn1cnc(=N)c2[nH]cnc21. The average molecular weight is 249 g/mol. The third-order valence-electron chi connectivity index (χ3n) is 2.54. The number of aromatic amines is 1. The van der Waals surface area contributed by atoms with E-state index in [2.05, 4.69) is 15.0 Å². The highest BCUT2D eigenvalue weighted by atomic mass is 16.5. The number of esters is 1. The van der Waals surface area contributed by atoms with E-state index in [4.69, 9.17) is 10.1 Å². The lowest BCUT2D eigenvalue weighted by Gasteiger charge is -2.06. The first kappa shape index (κ1) is 12.3. The van der Waals surface area contributed by atoms with Crippen LogP contribution in [0.4, 0.5) is 0 Å². The van der Waals surface area contributed by atoms with Crippen LogP contribution in [0, 0.1) is 5.41 Å². The van der Waals surface area contributed by atoms with Crippen LogP contribution in [0.1, 0.15) is 19.8 Å². The normalized spacial score (nSPS) is 10.7. The smallest absolute Gasteiger partial charge is 0.305 e. The monoisotopic (exact) mass is 249 g/mol. The zero-order valence-electron chi connectivity index (χ0n) is 10.1. The molecule has 0 atom stereocenters. The minimum Gasteiger partial charge on any atom is -0.466 e. The predicted octanol–water partition coefficient (Wildman–Crippen LogP) is 0.582. The molecule has 0 aliphatic rings. The standard InChI is InChI=1S/C11H15N5O2/c1-2-18-8(17)4-3-5-16-7-15-10(12)9-11(16)14-6-13-9/h6-7,12H,2-5H2,1H3,(H,13,14). The van der Waals surface area contributed by atoms with Gasteiger partial charge in [0, 0.05) is 13.0 Å². The number of rotatable bonds is 5. The average Bonchev–Trinajstić information content (AvgIpc) is 2.82. The van der Waals surface area contributed by atoms with Crippen molar-refractivity contribution >= 4 is 17.1 Å². The Morgan fingerprint density at radius 3 is 3.17 bits per heavy atom. The molecule has 0 fully saturated rings. The lowest BCUT2D eigenvalue weighted by molar-refractivity contribution is -0.143. The van der Waals surface area contributed by atoms with Gasteiger partial charge in [-0.1, -0.05) is 0 Å². The molecule has 0 aliphatic carbocycles. The van der Waals surface area contributed by atoms with E-state index >= 15 is 0 Å². The van der Waals surface area contributed by atoms with E-state index in [1.807, 2.05) is 4.57 Å². The quantitative estimate of drug-likeness (QED) is 0.757. The Morgan fingerprint density at radius 2 is 2.39 bits per heavy atom. The van der Waals surface area contributed by atoms with Crippen molar-refractivity contribution in [2.24, 2.45) is 0 Å². The van der Waals surface area contributed by atoms with Crippen molar-refractivity contribution in [2.75, 3.05) is 6.61 Å². The summed E-state index contributed by atoms with van der Waals surface area (Å²) in [5, 5.41) is 7.61. The summed E-state index contributed by atoms with van der Waals surface area (Å²) in [4.78, 5) is 22.2. The maximum Gasteiger partial charge on any atom is 0.305 e. The van der Waals surface area contributed by atoms with Gasteiger partial charge in [0.1, 0.15) is 5.52 Å². The summed E-state index contributed by atoms with van der Waals surface area (Å²) in [5.74, 6) is -0.193. The van der Waals surface area contributed by atoms with Gasteiger partial charge < -0.3 is 14.3 Å². The lowest BCUT2D eigenvalue weighted by atomic mass is 10.3. The van der Waals surface area contributed by atoms with E-state index in [0.29, 0.717) is 37.2 Å². The van der Waals surface area contributed by atoms with E-state index in [1.165, 1.54) is 6.33 Å². The Balaban J connectivity index is 2.04. The Labute approximate surface area is 103 Å². The molecule has 0 spiro atoms. The van der Waals surface area contributed by atoms with Gasteiger partial charge >= 0.3 is 5.97 Å². The summed E-state index contributed by atoms with van der Waals surface area (Å²) in [7, 11) is 0. The Kier molecular flexibility index (Phi) is 3.71. The summed E-state index contributed by atoms with van der Waals surface area (Å²) in [6.45, 7) is 2.81. The number of carbonyl (C=O) groups is 1. The van der Waals surface area contributed by atoms with E-state index in [0.717, 1.165) is 0 Å². The topological polar surface area (TPSA) is 96.6 Å². The van der Waals surface area contributed by atoms with E-state index in [1.54, 1.807) is 13.3 Å². The van der Waals surface area contributed by atoms with E-state index in [9.17, 15) is 4.79 Å². The number of aromatic nitrogens is 4. The molecular weight excluding hydrogens is 234 g/mol. The summed E-state index contributed by atoms with van der Waals surface area (Å²) in [5.41, 5.74) is 1.46. The Bertz CT molecular complexity index is 601. The molecule has 2 aromatic rings. The molecule has 7 heteroatoms. The fraction of sp³-hybridized carbons (Fsp3) is 0.455. The van der Waals surface area contributed by atoms with Crippen molar-refractivity contribution in [3.63, 3.8) is 0 Å². The fourth-order valence-electron chi connectivity index (χ4n) is 1.72. The number of fused-ring (bicyclic) bond motifs is 1. The van der Waals surface area contributed by atoms with Gasteiger partial charge in [0.2, 0.25) is 0 Å². The minimum absolute atomic E-state index is 0.171. The number of nitrogens with one attached hydrogen (secondary N) is 2. The molecule has 0 saturated heterocycles. The van der Waals surface area contributed by atoms with E-state index < -0.39 is 0 Å². The van der Waals surface area contributed by atoms with Crippen molar-refractivity contribution in [1.29, 1.82) is 5.41 Å². The number of carbonyl (C=O) groups excluding carboxylic acids is 1. The van der Waals surface area contributed by atoms with Gasteiger partial charge in [0.25, 0.3) is 0 Å². The van der Waals surface area contributed by atoms with Crippen LogP contribution in [-0.4, -0.2) is 32.1 Å². The third kappa shape index (κ3) is 2.55. The molecule has 18 heavy (non-hydrogen) atoms.